The van der Waals surface area contributed by atoms with Crippen molar-refractivity contribution in [2.75, 3.05) is 32.8 Å². The van der Waals surface area contributed by atoms with Gasteiger partial charge in [0, 0.05) is 37.4 Å². The Bertz CT molecular complexity index is 682. The van der Waals surface area contributed by atoms with E-state index in [9.17, 15) is 0 Å². The summed E-state index contributed by atoms with van der Waals surface area (Å²) in [6, 6.07) is 1.01. The van der Waals surface area contributed by atoms with Crippen LogP contribution in [0.2, 0.25) is 0 Å². The van der Waals surface area contributed by atoms with E-state index in [4.69, 9.17) is 4.74 Å². The topological polar surface area (TPSA) is 48.1 Å². The lowest BCUT2D eigenvalue weighted by atomic mass is 9.96. The van der Waals surface area contributed by atoms with E-state index in [1.54, 1.807) is 0 Å². The average Bonchev–Trinajstić information content (AvgIpc) is 3.37. The first-order valence-corrected chi connectivity index (χ1v) is 10.2. The fraction of sp³-hybridized carbons (Fsp3) is 0.700. The van der Waals surface area contributed by atoms with Crippen molar-refractivity contribution in [1.29, 1.82) is 0 Å². The minimum atomic E-state index is 0.434. The van der Waals surface area contributed by atoms with Crippen LogP contribution < -0.4 is 0 Å². The lowest BCUT2D eigenvalue weighted by Gasteiger charge is -2.31. The highest BCUT2D eigenvalue weighted by atomic mass is 16.5. The Kier molecular flexibility index (Phi) is 5.70. The van der Waals surface area contributed by atoms with Gasteiger partial charge in [0.1, 0.15) is 0 Å². The number of hydrogen-bond acceptors (Lipinski definition) is 4. The highest BCUT2D eigenvalue weighted by Gasteiger charge is 2.21. The van der Waals surface area contributed by atoms with Crippen molar-refractivity contribution in [3.05, 3.63) is 24.9 Å². The van der Waals surface area contributed by atoms with Crippen LogP contribution >= 0.6 is 0 Å². The Balaban J connectivity index is 1.51. The normalized spacial score (nSPS) is 21.1. The lowest BCUT2D eigenvalue weighted by Crippen LogP contribution is -2.39. The molecule has 2 aromatic rings. The third-order valence-corrected chi connectivity index (χ3v) is 5.95. The van der Waals surface area contributed by atoms with E-state index in [-0.39, 0.29) is 0 Å². The molecule has 1 aliphatic heterocycles. The molecule has 6 nitrogen and oxygen atoms in total. The minimum absolute atomic E-state index is 0.434. The molecule has 0 amide bonds. The molecule has 1 saturated heterocycles. The molecule has 1 aliphatic carbocycles. The van der Waals surface area contributed by atoms with E-state index in [0.29, 0.717) is 12.1 Å². The van der Waals surface area contributed by atoms with E-state index >= 15 is 0 Å². The number of nitrogens with zero attached hydrogens (tertiary/aromatic N) is 5. The molecule has 2 aromatic heterocycles. The predicted molar refractivity (Wildman–Crippen MR) is 102 cm³/mol. The number of morpholine rings is 1. The summed E-state index contributed by atoms with van der Waals surface area (Å²) in [6.07, 6.45) is 15.9. The molecule has 2 aliphatic rings. The number of hydrogen-bond donors (Lipinski definition) is 0. The Morgan fingerprint density at radius 2 is 1.96 bits per heavy atom. The summed E-state index contributed by atoms with van der Waals surface area (Å²) in [6.45, 7) is 7.07. The van der Waals surface area contributed by atoms with Gasteiger partial charge < -0.3 is 9.30 Å². The van der Waals surface area contributed by atoms with Crippen molar-refractivity contribution in [3.8, 4) is 11.3 Å². The van der Waals surface area contributed by atoms with Crippen LogP contribution in [0.25, 0.3) is 11.3 Å². The summed E-state index contributed by atoms with van der Waals surface area (Å²) >= 11 is 0. The Morgan fingerprint density at radius 1 is 1.15 bits per heavy atom. The zero-order valence-corrected chi connectivity index (χ0v) is 15.9. The average molecular weight is 358 g/mol. The van der Waals surface area contributed by atoms with Gasteiger partial charge in [0.05, 0.1) is 43.7 Å². The van der Waals surface area contributed by atoms with Gasteiger partial charge in [-0.2, -0.15) is 5.10 Å². The van der Waals surface area contributed by atoms with E-state index in [2.05, 4.69) is 37.4 Å². The zero-order chi connectivity index (χ0) is 17.8. The molecular formula is C20H31N5O. The van der Waals surface area contributed by atoms with Gasteiger partial charge in [-0.1, -0.05) is 26.2 Å². The third-order valence-electron chi connectivity index (χ3n) is 5.95. The van der Waals surface area contributed by atoms with Crippen LogP contribution in [0.1, 0.15) is 57.5 Å². The van der Waals surface area contributed by atoms with E-state index in [1.807, 2.05) is 18.7 Å². The molecule has 0 aromatic carbocycles. The first kappa shape index (κ1) is 17.7. The van der Waals surface area contributed by atoms with Crippen LogP contribution in [0.3, 0.4) is 0 Å². The van der Waals surface area contributed by atoms with Crippen molar-refractivity contribution < 1.29 is 4.74 Å². The van der Waals surface area contributed by atoms with Crippen molar-refractivity contribution >= 4 is 0 Å². The molecule has 2 fully saturated rings. The third kappa shape index (κ3) is 3.86. The highest BCUT2D eigenvalue weighted by Crippen LogP contribution is 2.30. The molecule has 6 heteroatoms. The molecule has 1 saturated carbocycles. The number of aromatic nitrogens is 4. The van der Waals surface area contributed by atoms with E-state index in [1.165, 1.54) is 43.4 Å². The van der Waals surface area contributed by atoms with Gasteiger partial charge in [0.15, 0.2) is 0 Å². The molecule has 4 rings (SSSR count). The molecule has 0 bridgehead atoms. The van der Waals surface area contributed by atoms with Gasteiger partial charge in [0.2, 0.25) is 0 Å². The minimum Gasteiger partial charge on any atom is -0.379 e. The van der Waals surface area contributed by atoms with Gasteiger partial charge in [-0.3, -0.25) is 9.58 Å². The molecule has 0 spiro atoms. The van der Waals surface area contributed by atoms with Gasteiger partial charge >= 0.3 is 0 Å². The van der Waals surface area contributed by atoms with Crippen molar-refractivity contribution in [2.24, 2.45) is 0 Å². The molecule has 3 heterocycles. The smallest absolute Gasteiger partial charge is 0.0954 e. The second-order valence-electron chi connectivity index (χ2n) is 7.66. The monoisotopic (exact) mass is 357 g/mol. The summed E-state index contributed by atoms with van der Waals surface area (Å²) in [7, 11) is 0. The largest absolute Gasteiger partial charge is 0.379 e. The quantitative estimate of drug-likeness (QED) is 0.793. The zero-order valence-electron chi connectivity index (χ0n) is 15.9. The van der Waals surface area contributed by atoms with Gasteiger partial charge in [-0.25, -0.2) is 4.98 Å². The van der Waals surface area contributed by atoms with Crippen LogP contribution in [0.5, 0.6) is 0 Å². The van der Waals surface area contributed by atoms with Crippen molar-refractivity contribution in [2.45, 2.75) is 57.5 Å². The standard InChI is InChI=1S/C20H31N5O/c1-2-18(15-23-8-10-26-11-9-23)24-16-21-13-20(24)17-12-22-25(14-17)19-6-4-3-5-7-19/h12-14,16,18-19H,2-11,15H2,1H3/t18-/m0/s1. The summed E-state index contributed by atoms with van der Waals surface area (Å²) in [5, 5.41) is 4.69. The van der Waals surface area contributed by atoms with Crippen LogP contribution in [-0.4, -0.2) is 57.1 Å². The maximum Gasteiger partial charge on any atom is 0.0954 e. The molecular weight excluding hydrogens is 326 g/mol. The first-order valence-electron chi connectivity index (χ1n) is 10.2. The van der Waals surface area contributed by atoms with Crippen molar-refractivity contribution in [1.82, 2.24) is 24.2 Å². The molecule has 0 unspecified atom stereocenters. The van der Waals surface area contributed by atoms with E-state index in [0.717, 1.165) is 39.3 Å². The Hall–Kier alpha value is -1.66. The van der Waals surface area contributed by atoms with Crippen LogP contribution in [-0.2, 0) is 4.74 Å². The molecule has 26 heavy (non-hydrogen) atoms. The van der Waals surface area contributed by atoms with Gasteiger partial charge in [0.25, 0.3) is 0 Å². The molecule has 1 atom stereocenters. The Morgan fingerprint density at radius 3 is 2.73 bits per heavy atom. The SMILES string of the molecule is CC[C@@H](CN1CCOCC1)n1cncc1-c1cnn(C2CCCCC2)c1. The van der Waals surface area contributed by atoms with Crippen LogP contribution in [0.15, 0.2) is 24.9 Å². The predicted octanol–water partition coefficient (Wildman–Crippen LogP) is 3.54. The fourth-order valence-electron chi connectivity index (χ4n) is 4.33. The molecule has 142 valence electrons. The van der Waals surface area contributed by atoms with Gasteiger partial charge in [-0.15, -0.1) is 0 Å². The molecule has 0 radical (unpaired) electrons. The summed E-state index contributed by atoms with van der Waals surface area (Å²) < 4.78 is 10.0. The maximum atomic E-state index is 5.49. The number of imidazole rings is 1. The maximum absolute atomic E-state index is 5.49. The second-order valence-corrected chi connectivity index (χ2v) is 7.66. The molecule has 0 N–H and O–H groups in total. The lowest BCUT2D eigenvalue weighted by molar-refractivity contribution is 0.0313. The van der Waals surface area contributed by atoms with Crippen molar-refractivity contribution in [3.63, 3.8) is 0 Å². The van der Waals surface area contributed by atoms with E-state index < -0.39 is 0 Å². The first-order chi connectivity index (χ1) is 12.8. The summed E-state index contributed by atoms with van der Waals surface area (Å²) in [5.74, 6) is 0. The number of ether oxygens (including phenoxy) is 1. The summed E-state index contributed by atoms with van der Waals surface area (Å²) in [5.41, 5.74) is 2.38. The van der Waals surface area contributed by atoms with Gasteiger partial charge in [-0.05, 0) is 19.3 Å². The Labute approximate surface area is 156 Å². The fourth-order valence-corrected chi connectivity index (χ4v) is 4.33. The highest BCUT2D eigenvalue weighted by molar-refractivity contribution is 5.56. The number of rotatable bonds is 6. The second kappa shape index (κ2) is 8.35. The van der Waals surface area contributed by atoms with Crippen LogP contribution in [0.4, 0.5) is 0 Å². The summed E-state index contributed by atoms with van der Waals surface area (Å²) in [4.78, 5) is 6.97. The van der Waals surface area contributed by atoms with Crippen LogP contribution in [0, 0.1) is 0 Å².